The first-order valence-electron chi connectivity index (χ1n) is 11.8. The monoisotopic (exact) mass is 524 g/mol. The van der Waals surface area contributed by atoms with E-state index in [-0.39, 0.29) is 13.2 Å². The summed E-state index contributed by atoms with van der Waals surface area (Å²) in [5.41, 5.74) is 1.62. The standard InChI is InChI=1S/C27H28N2O7S/c30-26(23-14-8-3-9-15-23)36-24-16-17-28(18-24)19-25(22-12-6-2-7-13-22)29(37(32,33)34)27(31)35-20-21-10-4-1-5-11-21/h1-15,24-25H,16-20H2,(H,32,33,34)/t24-,25+/m0/s1. The topological polar surface area (TPSA) is 113 Å². The zero-order chi connectivity index (χ0) is 26.3. The average molecular weight is 525 g/mol. The summed E-state index contributed by atoms with van der Waals surface area (Å²) >= 11 is 0. The lowest BCUT2D eigenvalue weighted by Crippen LogP contribution is -2.44. The van der Waals surface area contributed by atoms with E-state index in [9.17, 15) is 22.6 Å². The van der Waals surface area contributed by atoms with Crippen LogP contribution in [0, 0.1) is 0 Å². The molecular weight excluding hydrogens is 496 g/mol. The van der Waals surface area contributed by atoms with E-state index in [1.54, 1.807) is 78.9 Å². The number of hydrogen-bond acceptors (Lipinski definition) is 7. The van der Waals surface area contributed by atoms with Gasteiger partial charge >= 0.3 is 22.4 Å². The molecule has 1 amide bonds. The van der Waals surface area contributed by atoms with Crippen LogP contribution < -0.4 is 0 Å². The third-order valence-corrected chi connectivity index (χ3v) is 6.95. The zero-order valence-electron chi connectivity index (χ0n) is 20.0. The molecule has 1 heterocycles. The molecule has 9 nitrogen and oxygen atoms in total. The van der Waals surface area contributed by atoms with E-state index in [1.807, 2.05) is 17.0 Å². The van der Waals surface area contributed by atoms with Crippen LogP contribution in [0.15, 0.2) is 91.0 Å². The quantitative estimate of drug-likeness (QED) is 0.329. The number of amides is 1. The Balaban J connectivity index is 1.49. The molecule has 194 valence electrons. The molecule has 0 spiro atoms. The molecule has 0 radical (unpaired) electrons. The Morgan fingerprint density at radius 3 is 2.16 bits per heavy atom. The summed E-state index contributed by atoms with van der Waals surface area (Å²) in [4.78, 5) is 27.3. The molecule has 1 fully saturated rings. The van der Waals surface area contributed by atoms with Crippen molar-refractivity contribution in [2.75, 3.05) is 19.6 Å². The van der Waals surface area contributed by atoms with Gasteiger partial charge in [0.05, 0.1) is 11.6 Å². The van der Waals surface area contributed by atoms with Gasteiger partial charge in [0, 0.05) is 19.6 Å². The SMILES string of the molecule is O=C(O[C@H]1CCN(C[C@H](c2ccccc2)N(C(=O)OCc2ccccc2)S(=O)(=O)O)C1)c1ccccc1. The van der Waals surface area contributed by atoms with E-state index in [4.69, 9.17) is 9.47 Å². The van der Waals surface area contributed by atoms with Crippen LogP contribution >= 0.6 is 0 Å². The van der Waals surface area contributed by atoms with E-state index >= 15 is 0 Å². The summed E-state index contributed by atoms with van der Waals surface area (Å²) in [5.74, 6) is -0.434. The Kier molecular flexibility index (Phi) is 8.54. The lowest BCUT2D eigenvalue weighted by Gasteiger charge is -2.31. The fraction of sp³-hybridized carbons (Fsp3) is 0.259. The number of nitrogens with zero attached hydrogens (tertiary/aromatic N) is 2. The number of carbonyl (C=O) groups excluding carboxylic acids is 2. The van der Waals surface area contributed by atoms with E-state index in [1.165, 1.54) is 0 Å². The van der Waals surface area contributed by atoms with E-state index in [0.29, 0.717) is 40.5 Å². The maximum absolute atomic E-state index is 13.0. The third-order valence-electron chi connectivity index (χ3n) is 6.04. The molecule has 37 heavy (non-hydrogen) atoms. The van der Waals surface area contributed by atoms with Gasteiger partial charge in [0.1, 0.15) is 12.7 Å². The van der Waals surface area contributed by atoms with Gasteiger partial charge in [-0.25, -0.2) is 9.59 Å². The Morgan fingerprint density at radius 2 is 1.54 bits per heavy atom. The largest absolute Gasteiger partial charge is 0.457 e. The number of benzene rings is 3. The number of rotatable bonds is 9. The van der Waals surface area contributed by atoms with Gasteiger partial charge in [-0.2, -0.15) is 12.7 Å². The maximum Gasteiger partial charge on any atom is 0.426 e. The van der Waals surface area contributed by atoms with Crippen LogP contribution in [-0.4, -0.2) is 60.0 Å². The van der Waals surface area contributed by atoms with E-state index in [2.05, 4.69) is 0 Å². The van der Waals surface area contributed by atoms with Crippen molar-refractivity contribution in [1.29, 1.82) is 0 Å². The molecule has 3 aromatic rings. The number of esters is 1. The highest BCUT2D eigenvalue weighted by molar-refractivity contribution is 7.84. The van der Waals surface area contributed by atoms with Crippen molar-refractivity contribution in [3.8, 4) is 0 Å². The first kappa shape index (κ1) is 26.3. The minimum atomic E-state index is -4.98. The summed E-state index contributed by atoms with van der Waals surface area (Å²) in [6.45, 7) is 0.771. The zero-order valence-corrected chi connectivity index (χ0v) is 20.9. The highest BCUT2D eigenvalue weighted by Gasteiger charge is 2.38. The number of ether oxygens (including phenoxy) is 2. The van der Waals surface area contributed by atoms with Crippen LogP contribution in [0.2, 0.25) is 0 Å². The van der Waals surface area contributed by atoms with Crippen molar-refractivity contribution in [2.24, 2.45) is 0 Å². The van der Waals surface area contributed by atoms with Crippen molar-refractivity contribution in [2.45, 2.75) is 25.2 Å². The van der Waals surface area contributed by atoms with E-state index < -0.39 is 34.5 Å². The molecule has 1 aliphatic heterocycles. The molecule has 1 saturated heterocycles. The van der Waals surface area contributed by atoms with Crippen molar-refractivity contribution in [1.82, 2.24) is 9.21 Å². The minimum absolute atomic E-state index is 0.0730. The van der Waals surface area contributed by atoms with E-state index in [0.717, 1.165) is 0 Å². The van der Waals surface area contributed by atoms with Crippen LogP contribution in [0.5, 0.6) is 0 Å². The Labute approximate surface area is 216 Å². The van der Waals surface area contributed by atoms with Crippen molar-refractivity contribution >= 4 is 22.4 Å². The predicted molar refractivity (Wildman–Crippen MR) is 136 cm³/mol. The molecule has 4 rings (SSSR count). The Morgan fingerprint density at radius 1 is 0.946 bits per heavy atom. The maximum atomic E-state index is 13.0. The molecule has 10 heteroatoms. The molecule has 2 atom stereocenters. The van der Waals surface area contributed by atoms with Gasteiger partial charge in [-0.3, -0.25) is 9.45 Å². The third kappa shape index (κ3) is 7.16. The molecular formula is C27H28N2O7S. The van der Waals surface area contributed by atoms with Gasteiger partial charge in [-0.15, -0.1) is 0 Å². The summed E-state index contributed by atoms with van der Waals surface area (Å²) in [5, 5.41) is 0. The van der Waals surface area contributed by atoms with Crippen LogP contribution in [0.3, 0.4) is 0 Å². The molecule has 0 saturated carbocycles. The molecule has 0 aromatic heterocycles. The minimum Gasteiger partial charge on any atom is -0.457 e. The van der Waals surface area contributed by atoms with Crippen LogP contribution in [0.25, 0.3) is 0 Å². The van der Waals surface area contributed by atoms with Crippen molar-refractivity contribution < 1.29 is 32.0 Å². The highest BCUT2D eigenvalue weighted by atomic mass is 32.2. The second kappa shape index (κ2) is 12.0. The van der Waals surface area contributed by atoms with Crippen LogP contribution in [0.1, 0.15) is 33.9 Å². The molecule has 1 aliphatic rings. The molecule has 0 aliphatic carbocycles. The summed E-state index contributed by atoms with van der Waals surface area (Å²) < 4.78 is 46.2. The summed E-state index contributed by atoms with van der Waals surface area (Å²) in [6, 6.07) is 25.0. The van der Waals surface area contributed by atoms with Crippen LogP contribution in [0.4, 0.5) is 4.79 Å². The first-order chi connectivity index (χ1) is 17.8. The summed E-state index contributed by atoms with van der Waals surface area (Å²) in [6.07, 6.45) is -1.04. The van der Waals surface area contributed by atoms with Crippen molar-refractivity contribution in [3.05, 3.63) is 108 Å². The lowest BCUT2D eigenvalue weighted by molar-refractivity contribution is 0.0318. The lowest BCUT2D eigenvalue weighted by atomic mass is 10.1. The first-order valence-corrected chi connectivity index (χ1v) is 13.2. The molecule has 0 unspecified atom stereocenters. The average Bonchev–Trinajstić information content (AvgIpc) is 3.34. The smallest absolute Gasteiger partial charge is 0.426 e. The second-order valence-corrected chi connectivity index (χ2v) is 9.97. The molecule has 0 bridgehead atoms. The highest BCUT2D eigenvalue weighted by Crippen LogP contribution is 2.28. The second-order valence-electron chi connectivity index (χ2n) is 8.68. The van der Waals surface area contributed by atoms with Gasteiger partial charge in [-0.05, 0) is 29.7 Å². The Bertz CT molecular complexity index is 1290. The van der Waals surface area contributed by atoms with Gasteiger partial charge in [0.25, 0.3) is 0 Å². The van der Waals surface area contributed by atoms with Crippen LogP contribution in [-0.2, 0) is 26.4 Å². The summed E-state index contributed by atoms with van der Waals surface area (Å²) in [7, 11) is -4.98. The Hall–Kier alpha value is -3.73. The number of likely N-dealkylation sites (tertiary alicyclic amines) is 1. The predicted octanol–water partition coefficient (Wildman–Crippen LogP) is 4.10. The normalized spacial score (nSPS) is 16.6. The molecule has 3 aromatic carbocycles. The van der Waals surface area contributed by atoms with Gasteiger partial charge in [0.2, 0.25) is 0 Å². The molecule has 1 N–H and O–H groups in total. The van der Waals surface area contributed by atoms with Gasteiger partial charge < -0.3 is 9.47 Å². The number of carbonyl (C=O) groups is 2. The fourth-order valence-electron chi connectivity index (χ4n) is 4.25. The van der Waals surface area contributed by atoms with Crippen molar-refractivity contribution in [3.63, 3.8) is 0 Å². The fourth-order valence-corrected chi connectivity index (χ4v) is 5.00. The number of hydrogen-bond donors (Lipinski definition) is 1. The van der Waals surface area contributed by atoms with Gasteiger partial charge in [-0.1, -0.05) is 78.9 Å². The van der Waals surface area contributed by atoms with Gasteiger partial charge in [0.15, 0.2) is 0 Å².